The lowest BCUT2D eigenvalue weighted by molar-refractivity contribution is 1.22. The van der Waals surface area contributed by atoms with Gasteiger partial charge in [0.25, 0.3) is 0 Å². The molecule has 0 saturated heterocycles. The van der Waals surface area contributed by atoms with Crippen molar-refractivity contribution in [3.63, 3.8) is 0 Å². The Morgan fingerprint density at radius 2 is 1.75 bits per heavy atom. The second kappa shape index (κ2) is 8.23. The van der Waals surface area contributed by atoms with Crippen LogP contribution in [-0.2, 0) is 0 Å². The van der Waals surface area contributed by atoms with Gasteiger partial charge in [0.05, 0.1) is 10.7 Å². The first kappa shape index (κ1) is 15.0. The number of nitrogens with one attached hydrogen (secondary N) is 1. The molecule has 1 aromatic rings. The molecule has 1 aromatic carbocycles. The third-order valence-corrected chi connectivity index (χ3v) is 2.61. The van der Waals surface area contributed by atoms with E-state index >= 15 is 0 Å². The Hall–Kier alpha value is -0.950. The van der Waals surface area contributed by atoms with Crippen molar-refractivity contribution in [3.8, 4) is 0 Å². The van der Waals surface area contributed by atoms with E-state index in [1.807, 2.05) is 40.0 Å². The number of hydrogen-bond acceptors (Lipinski definition) is 1. The van der Waals surface area contributed by atoms with Crippen LogP contribution in [0.15, 0.2) is 24.4 Å². The molecule has 0 saturated carbocycles. The van der Waals surface area contributed by atoms with Crippen LogP contribution in [0.2, 0.25) is 5.02 Å². The van der Waals surface area contributed by atoms with Gasteiger partial charge in [0.2, 0.25) is 0 Å². The fraction of sp³-hybridized carbons (Fsp3) is 0.429. The van der Waals surface area contributed by atoms with E-state index in [1.165, 1.54) is 5.56 Å². The molecule has 0 fully saturated rings. The molecular weight excluding hydrogens is 218 g/mol. The summed E-state index contributed by atoms with van der Waals surface area (Å²) in [7, 11) is 0. The molecular formula is C14H22ClN. The second-order valence-corrected chi connectivity index (χ2v) is 3.72. The van der Waals surface area contributed by atoms with Crippen LogP contribution in [-0.4, -0.2) is 0 Å². The van der Waals surface area contributed by atoms with Gasteiger partial charge in [-0.3, -0.25) is 0 Å². The zero-order valence-corrected chi connectivity index (χ0v) is 11.7. The van der Waals surface area contributed by atoms with Crippen molar-refractivity contribution in [2.45, 2.75) is 41.0 Å². The molecule has 1 N–H and O–H groups in total. The Kier molecular flexibility index (Phi) is 7.74. The molecule has 0 aliphatic rings. The Morgan fingerprint density at radius 1 is 1.19 bits per heavy atom. The zero-order chi connectivity index (χ0) is 12.6. The quantitative estimate of drug-likeness (QED) is 0.753. The third-order valence-electron chi connectivity index (χ3n) is 2.12. The standard InChI is InChI=1S/C12H16ClN.C2H6/c1-4-5-8-14-12-10(3)7-6-9(2)11(12)13;1-2/h5-8,14H,4H2,1-3H3;1-2H3/b8-5+;. The van der Waals surface area contributed by atoms with Crippen LogP contribution in [0.3, 0.4) is 0 Å². The first-order valence-electron chi connectivity index (χ1n) is 5.84. The van der Waals surface area contributed by atoms with Gasteiger partial charge >= 0.3 is 0 Å². The molecule has 0 aromatic heterocycles. The number of anilines is 1. The number of allylic oxidation sites excluding steroid dienone is 1. The van der Waals surface area contributed by atoms with E-state index in [4.69, 9.17) is 11.6 Å². The predicted molar refractivity (Wildman–Crippen MR) is 75.3 cm³/mol. The van der Waals surface area contributed by atoms with Crippen molar-refractivity contribution in [2.75, 3.05) is 5.32 Å². The largest absolute Gasteiger partial charge is 0.361 e. The molecule has 0 unspecified atom stereocenters. The van der Waals surface area contributed by atoms with Gasteiger partial charge in [0, 0.05) is 0 Å². The average molecular weight is 240 g/mol. The maximum absolute atomic E-state index is 6.18. The highest BCUT2D eigenvalue weighted by atomic mass is 35.5. The van der Waals surface area contributed by atoms with Crippen molar-refractivity contribution in [3.05, 3.63) is 40.6 Å². The van der Waals surface area contributed by atoms with Gasteiger partial charge in [-0.1, -0.05) is 50.6 Å². The molecule has 90 valence electrons. The topological polar surface area (TPSA) is 12.0 Å². The van der Waals surface area contributed by atoms with E-state index in [-0.39, 0.29) is 0 Å². The van der Waals surface area contributed by atoms with Crippen molar-refractivity contribution in [1.82, 2.24) is 0 Å². The summed E-state index contributed by atoms with van der Waals surface area (Å²) in [5.74, 6) is 0. The fourth-order valence-electron chi connectivity index (χ4n) is 1.21. The summed E-state index contributed by atoms with van der Waals surface area (Å²) in [4.78, 5) is 0. The summed E-state index contributed by atoms with van der Waals surface area (Å²) < 4.78 is 0. The summed E-state index contributed by atoms with van der Waals surface area (Å²) in [6.45, 7) is 10.2. The van der Waals surface area contributed by atoms with Crippen LogP contribution in [0, 0.1) is 13.8 Å². The number of benzene rings is 1. The highest BCUT2D eigenvalue weighted by Gasteiger charge is 2.04. The molecule has 0 radical (unpaired) electrons. The molecule has 0 spiro atoms. The molecule has 16 heavy (non-hydrogen) atoms. The van der Waals surface area contributed by atoms with Gasteiger partial charge in [-0.05, 0) is 37.6 Å². The highest BCUT2D eigenvalue weighted by Crippen LogP contribution is 2.28. The smallest absolute Gasteiger partial charge is 0.0672 e. The minimum absolute atomic E-state index is 0.811. The van der Waals surface area contributed by atoms with Gasteiger partial charge in [-0.2, -0.15) is 0 Å². The Morgan fingerprint density at radius 3 is 2.31 bits per heavy atom. The van der Waals surface area contributed by atoms with Gasteiger partial charge in [-0.15, -0.1) is 0 Å². The summed E-state index contributed by atoms with van der Waals surface area (Å²) in [6, 6.07) is 4.11. The SMILES string of the molecule is CC.CC/C=C/Nc1c(C)ccc(C)c1Cl. The van der Waals surface area contributed by atoms with Gasteiger partial charge < -0.3 is 5.32 Å². The Balaban J connectivity index is 0.00000106. The predicted octanol–water partition coefficient (Wildman–Crippen LogP) is 5.32. The van der Waals surface area contributed by atoms with Gasteiger partial charge in [0.1, 0.15) is 0 Å². The summed E-state index contributed by atoms with van der Waals surface area (Å²) in [5, 5.41) is 4.02. The van der Waals surface area contributed by atoms with Crippen molar-refractivity contribution < 1.29 is 0 Å². The van der Waals surface area contributed by atoms with E-state index < -0.39 is 0 Å². The molecule has 0 aliphatic carbocycles. The summed E-state index contributed by atoms with van der Waals surface area (Å²) in [6.07, 6.45) is 5.03. The monoisotopic (exact) mass is 239 g/mol. The number of rotatable bonds is 3. The summed E-state index contributed by atoms with van der Waals surface area (Å²) in [5.41, 5.74) is 3.28. The van der Waals surface area contributed by atoms with Crippen LogP contribution >= 0.6 is 11.6 Å². The molecule has 0 bridgehead atoms. The molecule has 0 amide bonds. The third kappa shape index (κ3) is 4.28. The Labute approximate surface area is 105 Å². The highest BCUT2D eigenvalue weighted by molar-refractivity contribution is 6.34. The normalized spacial score (nSPS) is 9.88. The van der Waals surface area contributed by atoms with Crippen molar-refractivity contribution in [1.29, 1.82) is 0 Å². The van der Waals surface area contributed by atoms with Crippen molar-refractivity contribution in [2.24, 2.45) is 0 Å². The average Bonchev–Trinajstić information content (AvgIpc) is 2.31. The minimum Gasteiger partial charge on any atom is -0.361 e. The maximum atomic E-state index is 6.18. The zero-order valence-electron chi connectivity index (χ0n) is 10.9. The molecule has 0 aliphatic heterocycles. The first-order chi connectivity index (χ1) is 7.66. The van der Waals surface area contributed by atoms with E-state index in [2.05, 4.69) is 24.4 Å². The van der Waals surface area contributed by atoms with Gasteiger partial charge in [-0.25, -0.2) is 0 Å². The van der Waals surface area contributed by atoms with E-state index in [0.29, 0.717) is 0 Å². The Bertz CT molecular complexity index is 343. The van der Waals surface area contributed by atoms with E-state index in [0.717, 1.165) is 22.7 Å². The second-order valence-electron chi connectivity index (χ2n) is 3.34. The van der Waals surface area contributed by atoms with Crippen LogP contribution in [0.5, 0.6) is 0 Å². The molecule has 0 heterocycles. The van der Waals surface area contributed by atoms with Crippen LogP contribution in [0.1, 0.15) is 38.3 Å². The molecule has 2 heteroatoms. The fourth-order valence-corrected chi connectivity index (χ4v) is 1.48. The molecule has 0 atom stereocenters. The molecule has 1 nitrogen and oxygen atoms in total. The lowest BCUT2D eigenvalue weighted by Gasteiger charge is -2.09. The minimum atomic E-state index is 0.811. The molecule has 1 rings (SSSR count). The maximum Gasteiger partial charge on any atom is 0.0672 e. The van der Waals surface area contributed by atoms with Crippen LogP contribution in [0.25, 0.3) is 0 Å². The lowest BCUT2D eigenvalue weighted by atomic mass is 10.1. The number of aryl methyl sites for hydroxylation is 2. The van der Waals surface area contributed by atoms with Crippen LogP contribution < -0.4 is 5.32 Å². The van der Waals surface area contributed by atoms with Gasteiger partial charge in [0.15, 0.2) is 0 Å². The first-order valence-corrected chi connectivity index (χ1v) is 6.21. The number of halogens is 1. The van der Waals surface area contributed by atoms with Crippen molar-refractivity contribution >= 4 is 17.3 Å². The lowest BCUT2D eigenvalue weighted by Crippen LogP contribution is -1.93. The van der Waals surface area contributed by atoms with E-state index in [9.17, 15) is 0 Å². The summed E-state index contributed by atoms with van der Waals surface area (Å²) >= 11 is 6.18. The van der Waals surface area contributed by atoms with Crippen LogP contribution in [0.4, 0.5) is 5.69 Å². The van der Waals surface area contributed by atoms with E-state index in [1.54, 1.807) is 0 Å². The number of hydrogen-bond donors (Lipinski definition) is 1.